The number of carboxylic acid groups (broad SMARTS) is 1. The van der Waals surface area contributed by atoms with Gasteiger partial charge in [0, 0.05) is 13.1 Å². The van der Waals surface area contributed by atoms with E-state index in [0.717, 1.165) is 12.8 Å². The molecule has 0 radical (unpaired) electrons. The Balaban J connectivity index is 3.45. The van der Waals surface area contributed by atoms with E-state index in [0.29, 0.717) is 25.9 Å². The van der Waals surface area contributed by atoms with Gasteiger partial charge in [0.1, 0.15) is 0 Å². The van der Waals surface area contributed by atoms with Crippen molar-refractivity contribution in [1.82, 2.24) is 10.6 Å². The lowest BCUT2D eigenvalue weighted by Gasteiger charge is -2.11. The summed E-state index contributed by atoms with van der Waals surface area (Å²) >= 11 is 0. The molecule has 0 spiro atoms. The Morgan fingerprint density at radius 3 is 2.50 bits per heavy atom. The van der Waals surface area contributed by atoms with Gasteiger partial charge in [-0.1, -0.05) is 6.92 Å². The van der Waals surface area contributed by atoms with E-state index in [2.05, 4.69) is 10.6 Å². The molecule has 1 atom stereocenters. The van der Waals surface area contributed by atoms with Crippen molar-refractivity contribution in [3.05, 3.63) is 0 Å². The Kier molecular flexibility index (Phi) is 8.24. The molecule has 6 heteroatoms. The molecule has 94 valence electrons. The SMILES string of the molecule is CCCNC(=O)C(N)CCCCNC(=O)O. The number of hydrogen-bond donors (Lipinski definition) is 4. The Bertz CT molecular complexity index is 221. The molecular weight excluding hydrogens is 210 g/mol. The van der Waals surface area contributed by atoms with Gasteiger partial charge in [-0.25, -0.2) is 4.79 Å². The minimum absolute atomic E-state index is 0.131. The van der Waals surface area contributed by atoms with Crippen molar-refractivity contribution in [2.24, 2.45) is 5.73 Å². The van der Waals surface area contributed by atoms with Gasteiger partial charge >= 0.3 is 6.09 Å². The molecular formula is C10H21N3O3. The highest BCUT2D eigenvalue weighted by atomic mass is 16.4. The molecule has 0 aliphatic rings. The van der Waals surface area contributed by atoms with Gasteiger partial charge in [0.2, 0.25) is 5.91 Å². The zero-order valence-electron chi connectivity index (χ0n) is 9.66. The molecule has 0 rings (SSSR count). The van der Waals surface area contributed by atoms with Gasteiger partial charge < -0.3 is 21.5 Å². The summed E-state index contributed by atoms with van der Waals surface area (Å²) in [4.78, 5) is 21.5. The average Bonchev–Trinajstić information content (AvgIpc) is 2.24. The van der Waals surface area contributed by atoms with E-state index in [1.165, 1.54) is 0 Å². The fourth-order valence-electron chi connectivity index (χ4n) is 1.19. The first-order valence-corrected chi connectivity index (χ1v) is 5.58. The van der Waals surface area contributed by atoms with Crippen molar-refractivity contribution < 1.29 is 14.7 Å². The first-order chi connectivity index (χ1) is 7.57. The number of hydrogen-bond acceptors (Lipinski definition) is 3. The third kappa shape index (κ3) is 8.05. The number of carbonyl (C=O) groups excluding carboxylic acids is 1. The predicted molar refractivity (Wildman–Crippen MR) is 61.2 cm³/mol. The number of carbonyl (C=O) groups is 2. The van der Waals surface area contributed by atoms with Gasteiger partial charge in [-0.3, -0.25) is 4.79 Å². The van der Waals surface area contributed by atoms with Crippen molar-refractivity contribution in [2.75, 3.05) is 13.1 Å². The van der Waals surface area contributed by atoms with Crippen molar-refractivity contribution >= 4 is 12.0 Å². The molecule has 0 aromatic carbocycles. The largest absolute Gasteiger partial charge is 0.465 e. The smallest absolute Gasteiger partial charge is 0.404 e. The predicted octanol–water partition coefficient (Wildman–Crippen LogP) is 0.278. The van der Waals surface area contributed by atoms with Crippen LogP contribution in [-0.2, 0) is 4.79 Å². The number of rotatable bonds is 8. The first-order valence-electron chi connectivity index (χ1n) is 5.58. The maximum Gasteiger partial charge on any atom is 0.404 e. The third-order valence-corrected chi connectivity index (χ3v) is 2.10. The normalized spacial score (nSPS) is 11.9. The maximum atomic E-state index is 11.3. The Morgan fingerprint density at radius 2 is 1.94 bits per heavy atom. The highest BCUT2D eigenvalue weighted by Crippen LogP contribution is 1.98. The first kappa shape index (κ1) is 14.7. The number of nitrogens with one attached hydrogen (secondary N) is 2. The molecule has 5 N–H and O–H groups in total. The molecule has 0 aromatic rings. The third-order valence-electron chi connectivity index (χ3n) is 2.10. The van der Waals surface area contributed by atoms with Crippen LogP contribution in [0.1, 0.15) is 32.6 Å². The molecule has 0 heterocycles. The van der Waals surface area contributed by atoms with E-state index < -0.39 is 12.1 Å². The highest BCUT2D eigenvalue weighted by molar-refractivity contribution is 5.81. The zero-order chi connectivity index (χ0) is 12.4. The zero-order valence-corrected chi connectivity index (χ0v) is 9.66. The molecule has 16 heavy (non-hydrogen) atoms. The van der Waals surface area contributed by atoms with Crippen LogP contribution >= 0.6 is 0 Å². The van der Waals surface area contributed by atoms with Gasteiger partial charge in [-0.15, -0.1) is 0 Å². The molecule has 0 saturated heterocycles. The Hall–Kier alpha value is -1.30. The van der Waals surface area contributed by atoms with Crippen molar-refractivity contribution in [2.45, 2.75) is 38.6 Å². The highest BCUT2D eigenvalue weighted by Gasteiger charge is 2.11. The second-order valence-corrected chi connectivity index (χ2v) is 3.63. The standard InChI is InChI=1S/C10H21N3O3/c1-2-6-12-9(14)8(11)5-3-4-7-13-10(15)16/h8,13H,2-7,11H2,1H3,(H,12,14)(H,15,16). The summed E-state index contributed by atoms with van der Waals surface area (Å²) < 4.78 is 0. The molecule has 0 aliphatic carbocycles. The fraction of sp³-hybridized carbons (Fsp3) is 0.800. The summed E-state index contributed by atoms with van der Waals surface area (Å²) in [5.41, 5.74) is 5.65. The summed E-state index contributed by atoms with van der Waals surface area (Å²) in [5, 5.41) is 13.3. The van der Waals surface area contributed by atoms with Crippen LogP contribution < -0.4 is 16.4 Å². The summed E-state index contributed by atoms with van der Waals surface area (Å²) in [6.45, 7) is 3.02. The number of unbranched alkanes of at least 4 members (excludes halogenated alkanes) is 1. The average molecular weight is 231 g/mol. The van der Waals surface area contributed by atoms with Crippen LogP contribution in [0.3, 0.4) is 0 Å². The lowest BCUT2D eigenvalue weighted by Crippen LogP contribution is -2.40. The van der Waals surface area contributed by atoms with Crippen molar-refractivity contribution in [3.8, 4) is 0 Å². The van der Waals surface area contributed by atoms with Gasteiger partial charge in [-0.05, 0) is 25.7 Å². The summed E-state index contributed by atoms with van der Waals surface area (Å²) in [6.07, 6.45) is 1.88. The monoisotopic (exact) mass is 231 g/mol. The minimum atomic E-state index is -1.02. The summed E-state index contributed by atoms with van der Waals surface area (Å²) in [5.74, 6) is -0.131. The molecule has 0 aromatic heterocycles. The van der Waals surface area contributed by atoms with E-state index in [9.17, 15) is 9.59 Å². The van der Waals surface area contributed by atoms with Crippen LogP contribution in [-0.4, -0.2) is 36.2 Å². The molecule has 0 fully saturated rings. The molecule has 6 nitrogen and oxygen atoms in total. The van der Waals surface area contributed by atoms with Crippen LogP contribution in [0.2, 0.25) is 0 Å². The van der Waals surface area contributed by atoms with E-state index in [4.69, 9.17) is 10.8 Å². The summed E-state index contributed by atoms with van der Waals surface area (Å²) in [6, 6.07) is -0.489. The van der Waals surface area contributed by atoms with Crippen molar-refractivity contribution in [3.63, 3.8) is 0 Å². The quantitative estimate of drug-likeness (QED) is 0.450. The van der Waals surface area contributed by atoms with Gasteiger partial charge in [0.25, 0.3) is 0 Å². The van der Waals surface area contributed by atoms with Crippen LogP contribution in [0.15, 0.2) is 0 Å². The molecule has 1 unspecified atom stereocenters. The van der Waals surface area contributed by atoms with E-state index >= 15 is 0 Å². The Labute approximate surface area is 95.6 Å². The number of nitrogens with two attached hydrogens (primary N) is 1. The van der Waals surface area contributed by atoms with Crippen LogP contribution in [0.25, 0.3) is 0 Å². The minimum Gasteiger partial charge on any atom is -0.465 e. The van der Waals surface area contributed by atoms with Crippen molar-refractivity contribution in [1.29, 1.82) is 0 Å². The van der Waals surface area contributed by atoms with Crippen LogP contribution in [0, 0.1) is 0 Å². The fourth-order valence-corrected chi connectivity index (χ4v) is 1.19. The lowest BCUT2D eigenvalue weighted by molar-refractivity contribution is -0.122. The Morgan fingerprint density at radius 1 is 1.25 bits per heavy atom. The summed E-state index contributed by atoms with van der Waals surface area (Å²) in [7, 11) is 0. The van der Waals surface area contributed by atoms with Gasteiger partial charge in [0.15, 0.2) is 0 Å². The van der Waals surface area contributed by atoms with E-state index in [1.807, 2.05) is 6.92 Å². The molecule has 0 bridgehead atoms. The van der Waals surface area contributed by atoms with Gasteiger partial charge in [0.05, 0.1) is 6.04 Å². The second kappa shape index (κ2) is 8.96. The molecule has 0 saturated carbocycles. The molecule has 0 aliphatic heterocycles. The topological polar surface area (TPSA) is 104 Å². The van der Waals surface area contributed by atoms with Gasteiger partial charge in [-0.2, -0.15) is 0 Å². The van der Waals surface area contributed by atoms with E-state index in [-0.39, 0.29) is 5.91 Å². The molecule has 2 amide bonds. The maximum absolute atomic E-state index is 11.3. The van der Waals surface area contributed by atoms with Crippen LogP contribution in [0.4, 0.5) is 4.79 Å². The lowest BCUT2D eigenvalue weighted by atomic mass is 10.1. The second-order valence-electron chi connectivity index (χ2n) is 3.63. The van der Waals surface area contributed by atoms with E-state index in [1.54, 1.807) is 0 Å². The number of amides is 2. The van der Waals surface area contributed by atoms with Crippen LogP contribution in [0.5, 0.6) is 0 Å².